The van der Waals surface area contributed by atoms with Crippen LogP contribution in [0, 0.1) is 0 Å². The van der Waals surface area contributed by atoms with Gasteiger partial charge in [0.05, 0.1) is 6.54 Å². The third kappa shape index (κ3) is 2.52. The molecule has 1 aromatic heterocycles. The molecule has 6 nitrogen and oxygen atoms in total. The summed E-state index contributed by atoms with van der Waals surface area (Å²) in [5.74, 6) is -0.200. The fourth-order valence-electron chi connectivity index (χ4n) is 2.45. The van der Waals surface area contributed by atoms with Crippen LogP contribution in [0.1, 0.15) is 11.3 Å². The summed E-state index contributed by atoms with van der Waals surface area (Å²) >= 11 is 0. The molecule has 3 rings (SSSR count). The molecule has 21 heavy (non-hydrogen) atoms. The molecule has 2 aromatic rings. The molecule has 108 valence electrons. The fraction of sp³-hybridized carbons (Fsp3) is 0.267. The molecule has 0 radical (unpaired) electrons. The minimum atomic E-state index is -0.466. The van der Waals surface area contributed by atoms with Gasteiger partial charge in [0.25, 0.3) is 5.91 Å². The summed E-state index contributed by atoms with van der Waals surface area (Å²) in [6.07, 6.45) is 1.93. The number of urea groups is 1. The summed E-state index contributed by atoms with van der Waals surface area (Å²) in [4.78, 5) is 27.4. The summed E-state index contributed by atoms with van der Waals surface area (Å²) in [7, 11) is 1.65. The third-order valence-corrected chi connectivity index (χ3v) is 3.63. The molecule has 0 spiro atoms. The summed E-state index contributed by atoms with van der Waals surface area (Å²) in [6, 6.07) is 10.5. The maximum absolute atomic E-state index is 12.5. The predicted octanol–water partition coefficient (Wildman–Crippen LogP) is 1.68. The van der Waals surface area contributed by atoms with Crippen LogP contribution in [0.15, 0.2) is 47.2 Å². The van der Waals surface area contributed by atoms with Gasteiger partial charge in [-0.25, -0.2) is 4.79 Å². The number of carbonyl (C=O) groups is 2. The first kappa shape index (κ1) is 13.4. The highest BCUT2D eigenvalue weighted by molar-refractivity contribution is 6.04. The highest BCUT2D eigenvalue weighted by atomic mass is 16.5. The van der Waals surface area contributed by atoms with E-state index in [1.54, 1.807) is 13.1 Å². The Morgan fingerprint density at radius 1 is 1.19 bits per heavy atom. The first-order valence-electron chi connectivity index (χ1n) is 6.68. The van der Waals surface area contributed by atoms with E-state index in [1.807, 2.05) is 30.3 Å². The second-order valence-corrected chi connectivity index (χ2v) is 5.01. The Bertz CT molecular complexity index is 639. The Balaban J connectivity index is 1.77. The maximum atomic E-state index is 12.5. The van der Waals surface area contributed by atoms with Crippen molar-refractivity contribution in [1.82, 2.24) is 15.0 Å². The van der Waals surface area contributed by atoms with Gasteiger partial charge in [-0.2, -0.15) is 0 Å². The van der Waals surface area contributed by atoms with E-state index in [-0.39, 0.29) is 18.5 Å². The van der Waals surface area contributed by atoms with Crippen LogP contribution in [0.5, 0.6) is 0 Å². The monoisotopic (exact) mass is 285 g/mol. The molecular weight excluding hydrogens is 270 g/mol. The Morgan fingerprint density at radius 2 is 1.95 bits per heavy atom. The van der Waals surface area contributed by atoms with E-state index in [1.165, 1.54) is 16.1 Å². The average Bonchev–Trinajstić information content (AvgIpc) is 3.08. The van der Waals surface area contributed by atoms with Gasteiger partial charge in [0, 0.05) is 19.5 Å². The van der Waals surface area contributed by atoms with E-state index >= 15 is 0 Å². The quantitative estimate of drug-likeness (QED) is 0.802. The van der Waals surface area contributed by atoms with Crippen molar-refractivity contribution >= 4 is 11.9 Å². The van der Waals surface area contributed by atoms with Crippen molar-refractivity contribution in [2.24, 2.45) is 0 Å². The van der Waals surface area contributed by atoms with Gasteiger partial charge in [-0.05, 0) is 5.56 Å². The molecule has 0 bridgehead atoms. The number of nitrogens with zero attached hydrogens (tertiary/aromatic N) is 3. The van der Waals surface area contributed by atoms with Crippen LogP contribution in [0.3, 0.4) is 0 Å². The van der Waals surface area contributed by atoms with Gasteiger partial charge < -0.3 is 9.42 Å². The van der Waals surface area contributed by atoms with Gasteiger partial charge in [0.1, 0.15) is 18.0 Å². The molecular formula is C15H15N3O3. The van der Waals surface area contributed by atoms with Crippen molar-refractivity contribution in [2.75, 3.05) is 7.05 Å². The lowest BCUT2D eigenvalue weighted by molar-refractivity contribution is -0.128. The number of likely N-dealkylation sites (N-methyl/N-ethyl adjacent to an activating group) is 1. The maximum Gasteiger partial charge on any atom is 0.327 e. The first-order chi connectivity index (χ1) is 10.2. The van der Waals surface area contributed by atoms with Crippen LogP contribution >= 0.6 is 0 Å². The molecule has 1 saturated heterocycles. The highest BCUT2D eigenvalue weighted by Gasteiger charge is 2.42. The molecule has 3 amide bonds. The van der Waals surface area contributed by atoms with Crippen molar-refractivity contribution in [2.45, 2.75) is 19.0 Å². The van der Waals surface area contributed by atoms with E-state index < -0.39 is 6.04 Å². The lowest BCUT2D eigenvalue weighted by atomic mass is 10.1. The average molecular weight is 285 g/mol. The molecule has 0 saturated carbocycles. The van der Waals surface area contributed by atoms with Crippen molar-refractivity contribution < 1.29 is 14.1 Å². The van der Waals surface area contributed by atoms with E-state index in [9.17, 15) is 9.59 Å². The fourth-order valence-corrected chi connectivity index (χ4v) is 2.45. The molecule has 1 fully saturated rings. The molecule has 1 atom stereocenters. The summed E-state index contributed by atoms with van der Waals surface area (Å²) in [5, 5.41) is 3.74. The molecule has 0 unspecified atom stereocenters. The number of benzene rings is 1. The van der Waals surface area contributed by atoms with Crippen LogP contribution in [-0.2, 0) is 17.8 Å². The van der Waals surface area contributed by atoms with Crippen LogP contribution in [0.4, 0.5) is 4.79 Å². The zero-order chi connectivity index (χ0) is 14.8. The third-order valence-electron chi connectivity index (χ3n) is 3.63. The lowest BCUT2D eigenvalue weighted by Gasteiger charge is -2.15. The highest BCUT2D eigenvalue weighted by Crippen LogP contribution is 2.21. The largest absolute Gasteiger partial charge is 0.364 e. The Labute approximate surface area is 121 Å². The molecule has 0 N–H and O–H groups in total. The number of rotatable bonds is 4. The van der Waals surface area contributed by atoms with Gasteiger partial charge in [0.15, 0.2) is 0 Å². The van der Waals surface area contributed by atoms with Crippen LogP contribution in [0.25, 0.3) is 0 Å². The van der Waals surface area contributed by atoms with E-state index in [0.29, 0.717) is 12.1 Å². The first-order valence-corrected chi connectivity index (χ1v) is 6.68. The molecule has 1 aliphatic rings. The number of amides is 3. The Morgan fingerprint density at radius 3 is 2.62 bits per heavy atom. The summed E-state index contributed by atoms with van der Waals surface area (Å²) in [5.41, 5.74) is 1.59. The summed E-state index contributed by atoms with van der Waals surface area (Å²) in [6.45, 7) is 0.143. The van der Waals surface area contributed by atoms with Crippen molar-refractivity contribution in [1.29, 1.82) is 0 Å². The van der Waals surface area contributed by atoms with Gasteiger partial charge in [-0.15, -0.1) is 0 Å². The topological polar surface area (TPSA) is 66.7 Å². The number of carbonyl (C=O) groups excluding carboxylic acids is 2. The van der Waals surface area contributed by atoms with Gasteiger partial charge in [-0.3, -0.25) is 9.69 Å². The number of hydrogen-bond acceptors (Lipinski definition) is 4. The van der Waals surface area contributed by atoms with E-state index in [4.69, 9.17) is 4.52 Å². The van der Waals surface area contributed by atoms with Gasteiger partial charge in [-0.1, -0.05) is 35.5 Å². The van der Waals surface area contributed by atoms with E-state index in [0.717, 1.165) is 5.56 Å². The van der Waals surface area contributed by atoms with Crippen LogP contribution in [0.2, 0.25) is 0 Å². The lowest BCUT2D eigenvalue weighted by Crippen LogP contribution is -2.33. The number of hydrogen-bond donors (Lipinski definition) is 0. The van der Waals surface area contributed by atoms with Crippen molar-refractivity contribution in [3.63, 3.8) is 0 Å². The number of aromatic nitrogens is 1. The van der Waals surface area contributed by atoms with Gasteiger partial charge >= 0.3 is 6.03 Å². The predicted molar refractivity (Wildman–Crippen MR) is 74.1 cm³/mol. The summed E-state index contributed by atoms with van der Waals surface area (Å²) < 4.78 is 4.73. The minimum absolute atomic E-state index is 0.143. The van der Waals surface area contributed by atoms with E-state index in [2.05, 4.69) is 5.16 Å². The van der Waals surface area contributed by atoms with Gasteiger partial charge in [0.2, 0.25) is 0 Å². The van der Waals surface area contributed by atoms with Crippen molar-refractivity contribution in [3.8, 4) is 0 Å². The minimum Gasteiger partial charge on any atom is -0.364 e. The smallest absolute Gasteiger partial charge is 0.327 e. The molecule has 1 aliphatic heterocycles. The van der Waals surface area contributed by atoms with Crippen molar-refractivity contribution in [3.05, 3.63) is 53.9 Å². The Hall–Kier alpha value is -2.63. The second kappa shape index (κ2) is 5.40. The Kier molecular flexibility index (Phi) is 3.43. The molecule has 1 aromatic carbocycles. The standard InChI is InChI=1S/C15H15N3O3/c1-17-13(9-11-5-3-2-4-6-11)14(19)18(15(17)20)10-12-7-8-21-16-12/h2-8,13H,9-10H2,1H3/t13-/m1/s1. The number of imide groups is 1. The van der Waals surface area contributed by atoms with Crippen LogP contribution < -0.4 is 0 Å². The zero-order valence-corrected chi connectivity index (χ0v) is 11.6. The normalized spacial score (nSPS) is 18.6. The molecule has 2 heterocycles. The SMILES string of the molecule is CN1C(=O)N(Cc2ccon2)C(=O)[C@H]1Cc1ccccc1. The zero-order valence-electron chi connectivity index (χ0n) is 11.6. The molecule has 6 heteroatoms. The second-order valence-electron chi connectivity index (χ2n) is 5.01. The molecule has 0 aliphatic carbocycles. The van der Waals surface area contributed by atoms with Crippen LogP contribution in [-0.4, -0.2) is 40.0 Å².